The van der Waals surface area contributed by atoms with Crippen molar-refractivity contribution in [3.05, 3.63) is 35.5 Å². The standard InChI is InChI=1S/C18H23N5O3/c1-12-10-20-15(11-19-12)18(24)23-6-2-14(3-7-23)17-21-16(22-26-17)13-4-8-25-9-5-13/h10-11,13-14H,2-9H2,1H3. The molecule has 1 amide bonds. The lowest BCUT2D eigenvalue weighted by molar-refractivity contribution is 0.0698. The van der Waals surface area contributed by atoms with E-state index in [1.807, 2.05) is 11.8 Å². The summed E-state index contributed by atoms with van der Waals surface area (Å²) in [4.78, 5) is 27.3. The number of likely N-dealkylation sites (tertiary alicyclic amines) is 1. The highest BCUT2D eigenvalue weighted by molar-refractivity contribution is 5.92. The molecule has 0 spiro atoms. The molecule has 2 saturated heterocycles. The van der Waals surface area contributed by atoms with E-state index in [0.717, 1.165) is 50.4 Å². The zero-order valence-electron chi connectivity index (χ0n) is 14.9. The first-order valence-corrected chi connectivity index (χ1v) is 9.20. The molecule has 2 fully saturated rings. The van der Waals surface area contributed by atoms with Crippen molar-refractivity contribution in [3.8, 4) is 0 Å². The minimum absolute atomic E-state index is 0.0654. The predicted molar refractivity (Wildman–Crippen MR) is 91.7 cm³/mol. The molecule has 4 rings (SSSR count). The molecule has 2 aliphatic rings. The number of ether oxygens (including phenoxy) is 1. The van der Waals surface area contributed by atoms with Crippen molar-refractivity contribution in [1.29, 1.82) is 0 Å². The molecule has 2 aliphatic heterocycles. The Hall–Kier alpha value is -2.35. The molecule has 0 radical (unpaired) electrons. The summed E-state index contributed by atoms with van der Waals surface area (Å²) >= 11 is 0. The Balaban J connectivity index is 1.35. The van der Waals surface area contributed by atoms with Crippen LogP contribution in [0, 0.1) is 6.92 Å². The van der Waals surface area contributed by atoms with E-state index < -0.39 is 0 Å². The summed E-state index contributed by atoms with van der Waals surface area (Å²) in [6.07, 6.45) is 6.70. The lowest BCUT2D eigenvalue weighted by Gasteiger charge is -2.30. The van der Waals surface area contributed by atoms with E-state index in [2.05, 4.69) is 20.1 Å². The number of hydrogen-bond donors (Lipinski definition) is 0. The van der Waals surface area contributed by atoms with Crippen molar-refractivity contribution in [3.63, 3.8) is 0 Å². The summed E-state index contributed by atoms with van der Waals surface area (Å²) in [5.74, 6) is 1.99. The van der Waals surface area contributed by atoms with Crippen LogP contribution in [0.4, 0.5) is 0 Å². The number of carbonyl (C=O) groups excluding carboxylic acids is 1. The summed E-state index contributed by atoms with van der Waals surface area (Å²) in [6.45, 7) is 4.70. The average Bonchev–Trinajstić information content (AvgIpc) is 3.19. The summed E-state index contributed by atoms with van der Waals surface area (Å²) in [7, 11) is 0. The number of amides is 1. The molecule has 0 aliphatic carbocycles. The Labute approximate surface area is 152 Å². The molecular weight excluding hydrogens is 334 g/mol. The molecule has 0 atom stereocenters. The third kappa shape index (κ3) is 3.60. The monoisotopic (exact) mass is 357 g/mol. The highest BCUT2D eigenvalue weighted by Crippen LogP contribution is 2.30. The Morgan fingerprint density at radius 3 is 2.54 bits per heavy atom. The second-order valence-electron chi connectivity index (χ2n) is 6.99. The molecule has 2 aromatic rings. The summed E-state index contributed by atoms with van der Waals surface area (Å²) < 4.78 is 10.9. The van der Waals surface area contributed by atoms with Gasteiger partial charge in [-0.05, 0) is 32.6 Å². The van der Waals surface area contributed by atoms with Crippen molar-refractivity contribution < 1.29 is 14.1 Å². The highest BCUT2D eigenvalue weighted by atomic mass is 16.5. The molecule has 8 nitrogen and oxygen atoms in total. The van der Waals surface area contributed by atoms with Crippen LogP contribution in [0.25, 0.3) is 0 Å². The molecule has 4 heterocycles. The first-order chi connectivity index (χ1) is 12.7. The predicted octanol–water partition coefficient (Wildman–Crippen LogP) is 2.08. The summed E-state index contributed by atoms with van der Waals surface area (Å²) in [5.41, 5.74) is 1.20. The van der Waals surface area contributed by atoms with Gasteiger partial charge in [0.1, 0.15) is 5.69 Å². The topological polar surface area (TPSA) is 94.2 Å². The van der Waals surface area contributed by atoms with E-state index in [1.54, 1.807) is 12.4 Å². The van der Waals surface area contributed by atoms with Gasteiger partial charge in [-0.15, -0.1) is 0 Å². The number of nitrogens with zero attached hydrogens (tertiary/aromatic N) is 5. The average molecular weight is 357 g/mol. The largest absolute Gasteiger partial charge is 0.381 e. The Bertz CT molecular complexity index is 746. The molecular formula is C18H23N5O3. The van der Waals surface area contributed by atoms with Gasteiger partial charge in [-0.3, -0.25) is 9.78 Å². The third-order valence-corrected chi connectivity index (χ3v) is 5.18. The van der Waals surface area contributed by atoms with E-state index >= 15 is 0 Å². The van der Waals surface area contributed by atoms with Gasteiger partial charge in [-0.2, -0.15) is 4.98 Å². The van der Waals surface area contributed by atoms with Crippen molar-refractivity contribution in [1.82, 2.24) is 25.0 Å². The van der Waals surface area contributed by atoms with E-state index in [9.17, 15) is 4.79 Å². The maximum absolute atomic E-state index is 12.5. The fourth-order valence-corrected chi connectivity index (χ4v) is 3.53. The number of carbonyl (C=O) groups is 1. The number of piperidine rings is 1. The minimum atomic E-state index is -0.0654. The van der Waals surface area contributed by atoms with Crippen LogP contribution in [-0.4, -0.2) is 57.2 Å². The second-order valence-corrected chi connectivity index (χ2v) is 6.99. The fourth-order valence-electron chi connectivity index (χ4n) is 3.53. The van der Waals surface area contributed by atoms with Crippen LogP contribution in [0.3, 0.4) is 0 Å². The fraction of sp³-hybridized carbons (Fsp3) is 0.611. The van der Waals surface area contributed by atoms with Crippen LogP contribution in [0.15, 0.2) is 16.9 Å². The number of hydrogen-bond acceptors (Lipinski definition) is 7. The van der Waals surface area contributed by atoms with Crippen LogP contribution in [0.5, 0.6) is 0 Å². The van der Waals surface area contributed by atoms with Gasteiger partial charge in [-0.25, -0.2) is 4.98 Å². The molecule has 0 saturated carbocycles. The number of aromatic nitrogens is 4. The van der Waals surface area contributed by atoms with Gasteiger partial charge in [0.2, 0.25) is 5.89 Å². The van der Waals surface area contributed by atoms with Crippen molar-refractivity contribution in [2.75, 3.05) is 26.3 Å². The molecule has 0 bridgehead atoms. The first kappa shape index (κ1) is 17.1. The number of aryl methyl sites for hydroxylation is 1. The zero-order valence-corrected chi connectivity index (χ0v) is 14.9. The van der Waals surface area contributed by atoms with Crippen LogP contribution < -0.4 is 0 Å². The molecule has 26 heavy (non-hydrogen) atoms. The maximum atomic E-state index is 12.5. The summed E-state index contributed by atoms with van der Waals surface area (Å²) in [5, 5.41) is 4.18. The Kier molecular flexibility index (Phi) is 4.92. The van der Waals surface area contributed by atoms with Crippen molar-refractivity contribution in [2.45, 2.75) is 44.4 Å². The van der Waals surface area contributed by atoms with Crippen molar-refractivity contribution in [2.24, 2.45) is 0 Å². The molecule has 8 heteroatoms. The first-order valence-electron chi connectivity index (χ1n) is 9.20. The SMILES string of the molecule is Cc1cnc(C(=O)N2CCC(c3nc(C4CCOCC4)no3)CC2)cn1. The van der Waals surface area contributed by atoms with Crippen LogP contribution >= 0.6 is 0 Å². The molecule has 2 aromatic heterocycles. The van der Waals surface area contributed by atoms with Gasteiger partial charge in [0.25, 0.3) is 5.91 Å². The zero-order chi connectivity index (χ0) is 17.9. The van der Waals surface area contributed by atoms with Crippen molar-refractivity contribution >= 4 is 5.91 Å². The minimum Gasteiger partial charge on any atom is -0.381 e. The molecule has 138 valence electrons. The van der Waals surface area contributed by atoms with Gasteiger partial charge in [0, 0.05) is 44.3 Å². The molecule has 0 unspecified atom stereocenters. The van der Waals surface area contributed by atoms with E-state index in [4.69, 9.17) is 9.26 Å². The lowest BCUT2D eigenvalue weighted by Crippen LogP contribution is -2.38. The summed E-state index contributed by atoms with van der Waals surface area (Å²) in [6, 6.07) is 0. The van der Waals surface area contributed by atoms with Gasteiger partial charge in [0.05, 0.1) is 11.9 Å². The Morgan fingerprint density at radius 2 is 1.85 bits per heavy atom. The highest BCUT2D eigenvalue weighted by Gasteiger charge is 2.30. The van der Waals surface area contributed by atoms with Gasteiger partial charge < -0.3 is 14.2 Å². The van der Waals surface area contributed by atoms with E-state index in [1.165, 1.54) is 0 Å². The number of rotatable bonds is 3. The van der Waals surface area contributed by atoms with Crippen LogP contribution in [0.2, 0.25) is 0 Å². The maximum Gasteiger partial charge on any atom is 0.274 e. The second kappa shape index (κ2) is 7.49. The van der Waals surface area contributed by atoms with E-state index in [0.29, 0.717) is 30.6 Å². The van der Waals surface area contributed by atoms with Gasteiger partial charge in [-0.1, -0.05) is 5.16 Å². The molecule has 0 N–H and O–H groups in total. The Morgan fingerprint density at radius 1 is 1.08 bits per heavy atom. The smallest absolute Gasteiger partial charge is 0.274 e. The van der Waals surface area contributed by atoms with Crippen LogP contribution in [-0.2, 0) is 4.74 Å². The third-order valence-electron chi connectivity index (χ3n) is 5.18. The molecule has 0 aromatic carbocycles. The van der Waals surface area contributed by atoms with Gasteiger partial charge >= 0.3 is 0 Å². The lowest BCUT2D eigenvalue weighted by atomic mass is 9.96. The quantitative estimate of drug-likeness (QED) is 0.830. The van der Waals surface area contributed by atoms with Gasteiger partial charge in [0.15, 0.2) is 5.82 Å². The normalized spacial score (nSPS) is 19.7. The van der Waals surface area contributed by atoms with E-state index in [-0.39, 0.29) is 11.8 Å². The van der Waals surface area contributed by atoms with Crippen LogP contribution in [0.1, 0.15) is 65.4 Å².